The third kappa shape index (κ3) is 2.09. The summed E-state index contributed by atoms with van der Waals surface area (Å²) in [7, 11) is 1.58. The Bertz CT molecular complexity index is 406. The summed E-state index contributed by atoms with van der Waals surface area (Å²) in [5.41, 5.74) is 1.78. The molecular weight excluding hydrogens is 204 g/mol. The fourth-order valence-electron chi connectivity index (χ4n) is 1.65. The first-order valence-corrected chi connectivity index (χ1v) is 5.47. The van der Waals surface area contributed by atoms with Crippen molar-refractivity contribution in [3.63, 3.8) is 0 Å². The topological polar surface area (TPSA) is 38.8 Å². The Morgan fingerprint density at radius 2 is 2.19 bits per heavy atom. The summed E-state index contributed by atoms with van der Waals surface area (Å²) in [6.07, 6.45) is -0.253. The molecule has 0 N–H and O–H groups in total. The molecule has 0 aromatic heterocycles. The quantitative estimate of drug-likeness (QED) is 0.577. The molecule has 3 nitrogen and oxygen atoms in total. The molecule has 1 atom stereocenters. The van der Waals surface area contributed by atoms with Crippen molar-refractivity contribution >= 4 is 5.78 Å². The molecule has 1 aromatic carbocycles. The van der Waals surface area contributed by atoms with Crippen molar-refractivity contribution in [3.8, 4) is 5.75 Å². The number of ketones is 1. The number of Topliss-reactive ketones (excluding diaryl/α,β-unsaturated/α-hetero) is 1. The maximum Gasteiger partial charge on any atom is 0.197 e. The number of hydrogen-bond acceptors (Lipinski definition) is 3. The van der Waals surface area contributed by atoms with Crippen molar-refractivity contribution in [2.45, 2.75) is 25.9 Å². The Balaban J connectivity index is 2.38. The van der Waals surface area contributed by atoms with Gasteiger partial charge in [0.2, 0.25) is 0 Å². The lowest BCUT2D eigenvalue weighted by Gasteiger charge is -2.11. The molecule has 16 heavy (non-hydrogen) atoms. The predicted molar refractivity (Wildman–Crippen MR) is 61.2 cm³/mol. The van der Waals surface area contributed by atoms with E-state index in [1.54, 1.807) is 7.11 Å². The van der Waals surface area contributed by atoms with Gasteiger partial charge in [0.25, 0.3) is 0 Å². The smallest absolute Gasteiger partial charge is 0.197 e. The third-order valence-electron chi connectivity index (χ3n) is 2.78. The van der Waals surface area contributed by atoms with Crippen LogP contribution in [0.1, 0.15) is 35.7 Å². The van der Waals surface area contributed by atoms with E-state index in [0.29, 0.717) is 23.8 Å². The molecule has 1 aromatic rings. The van der Waals surface area contributed by atoms with Crippen LogP contribution in [0, 0.1) is 0 Å². The minimum atomic E-state index is -0.253. The summed E-state index contributed by atoms with van der Waals surface area (Å²) < 4.78 is 10.2. The molecule has 1 unspecified atom stereocenters. The first kappa shape index (κ1) is 11.1. The van der Waals surface area contributed by atoms with Crippen LogP contribution < -0.4 is 4.74 Å². The second-order valence-corrected chi connectivity index (χ2v) is 4.30. The second-order valence-electron chi connectivity index (χ2n) is 4.30. The zero-order valence-electron chi connectivity index (χ0n) is 9.82. The minimum absolute atomic E-state index is 0.0272. The van der Waals surface area contributed by atoms with E-state index in [0.717, 1.165) is 5.56 Å². The minimum Gasteiger partial charge on any atom is -0.496 e. The Labute approximate surface area is 95.4 Å². The van der Waals surface area contributed by atoms with E-state index in [2.05, 4.69) is 13.8 Å². The van der Waals surface area contributed by atoms with E-state index >= 15 is 0 Å². The highest BCUT2D eigenvalue weighted by molar-refractivity contribution is 6.03. The van der Waals surface area contributed by atoms with Gasteiger partial charge in [0.05, 0.1) is 19.3 Å². The van der Waals surface area contributed by atoms with Crippen molar-refractivity contribution in [1.29, 1.82) is 0 Å². The van der Waals surface area contributed by atoms with E-state index in [9.17, 15) is 4.79 Å². The van der Waals surface area contributed by atoms with Gasteiger partial charge in [-0.25, -0.2) is 0 Å². The summed E-state index contributed by atoms with van der Waals surface area (Å²) >= 11 is 0. The van der Waals surface area contributed by atoms with E-state index in [1.807, 2.05) is 18.2 Å². The second kappa shape index (κ2) is 4.26. The molecule has 0 spiro atoms. The van der Waals surface area contributed by atoms with Crippen LogP contribution >= 0.6 is 0 Å². The molecule has 1 fully saturated rings. The molecule has 0 bridgehead atoms. The Morgan fingerprint density at radius 1 is 1.50 bits per heavy atom. The number of ether oxygens (including phenoxy) is 2. The van der Waals surface area contributed by atoms with Gasteiger partial charge in [-0.05, 0) is 23.6 Å². The lowest BCUT2D eigenvalue weighted by atomic mass is 9.97. The largest absolute Gasteiger partial charge is 0.496 e. The van der Waals surface area contributed by atoms with Crippen molar-refractivity contribution in [3.05, 3.63) is 29.3 Å². The molecule has 1 saturated heterocycles. The third-order valence-corrected chi connectivity index (χ3v) is 2.78. The molecular formula is C13H16O3. The number of rotatable bonds is 4. The Morgan fingerprint density at radius 3 is 2.69 bits per heavy atom. The number of carbonyl (C=O) groups is 1. The fourth-order valence-corrected chi connectivity index (χ4v) is 1.65. The van der Waals surface area contributed by atoms with Gasteiger partial charge in [0.15, 0.2) is 5.78 Å². The molecule has 0 amide bonds. The molecule has 0 radical (unpaired) electrons. The van der Waals surface area contributed by atoms with Gasteiger partial charge in [0.1, 0.15) is 11.9 Å². The van der Waals surface area contributed by atoms with E-state index in [1.165, 1.54) is 0 Å². The summed E-state index contributed by atoms with van der Waals surface area (Å²) in [5.74, 6) is 1.06. The summed E-state index contributed by atoms with van der Waals surface area (Å²) in [4.78, 5) is 12.0. The average molecular weight is 220 g/mol. The van der Waals surface area contributed by atoms with Crippen LogP contribution in [0.5, 0.6) is 5.75 Å². The van der Waals surface area contributed by atoms with Crippen LogP contribution in [0.3, 0.4) is 0 Å². The maximum atomic E-state index is 12.0. The zero-order chi connectivity index (χ0) is 11.7. The highest BCUT2D eigenvalue weighted by atomic mass is 16.6. The summed E-state index contributed by atoms with van der Waals surface area (Å²) in [6, 6.07) is 5.76. The van der Waals surface area contributed by atoms with Crippen LogP contribution in [0.25, 0.3) is 0 Å². The molecule has 1 aliphatic rings. The number of methoxy groups -OCH3 is 1. The lowest BCUT2D eigenvalue weighted by Crippen LogP contribution is -2.09. The molecule has 1 heterocycles. The molecule has 1 aliphatic heterocycles. The van der Waals surface area contributed by atoms with Crippen molar-refractivity contribution in [2.75, 3.05) is 13.7 Å². The van der Waals surface area contributed by atoms with Gasteiger partial charge >= 0.3 is 0 Å². The van der Waals surface area contributed by atoms with Crippen LogP contribution in [0.2, 0.25) is 0 Å². The first-order valence-electron chi connectivity index (χ1n) is 5.47. The van der Waals surface area contributed by atoms with E-state index < -0.39 is 0 Å². The van der Waals surface area contributed by atoms with Gasteiger partial charge in [-0.15, -0.1) is 0 Å². The van der Waals surface area contributed by atoms with Crippen molar-refractivity contribution in [2.24, 2.45) is 0 Å². The highest BCUT2D eigenvalue weighted by Gasteiger charge is 2.33. The van der Waals surface area contributed by atoms with Gasteiger partial charge in [-0.3, -0.25) is 4.79 Å². The van der Waals surface area contributed by atoms with Gasteiger partial charge < -0.3 is 9.47 Å². The fraction of sp³-hybridized carbons (Fsp3) is 0.462. The standard InChI is InChI=1S/C13H16O3/c1-8(2)9-4-5-11(15-3)10(6-9)13(14)12-7-16-12/h4-6,8,12H,7H2,1-3H3. The van der Waals surface area contributed by atoms with Crippen molar-refractivity contribution < 1.29 is 14.3 Å². The van der Waals surface area contributed by atoms with Gasteiger partial charge in [-0.2, -0.15) is 0 Å². The average Bonchev–Trinajstić information content (AvgIpc) is 3.11. The van der Waals surface area contributed by atoms with Crippen LogP contribution in [0.15, 0.2) is 18.2 Å². The molecule has 0 saturated carbocycles. The zero-order valence-corrected chi connectivity index (χ0v) is 9.82. The van der Waals surface area contributed by atoms with Crippen LogP contribution in [-0.4, -0.2) is 25.6 Å². The number of carbonyl (C=O) groups excluding carboxylic acids is 1. The highest BCUT2D eigenvalue weighted by Crippen LogP contribution is 2.28. The van der Waals surface area contributed by atoms with E-state index in [-0.39, 0.29) is 11.9 Å². The first-order chi connectivity index (χ1) is 7.63. The Hall–Kier alpha value is -1.35. The molecule has 0 aliphatic carbocycles. The maximum absolute atomic E-state index is 12.0. The van der Waals surface area contributed by atoms with Gasteiger partial charge in [-0.1, -0.05) is 19.9 Å². The normalized spacial score (nSPS) is 18.6. The lowest BCUT2D eigenvalue weighted by molar-refractivity contribution is 0.0950. The van der Waals surface area contributed by atoms with Crippen molar-refractivity contribution in [1.82, 2.24) is 0 Å². The van der Waals surface area contributed by atoms with Crippen LogP contribution in [0.4, 0.5) is 0 Å². The Kier molecular flexibility index (Phi) is 2.97. The van der Waals surface area contributed by atoms with E-state index in [4.69, 9.17) is 9.47 Å². The monoisotopic (exact) mass is 220 g/mol. The van der Waals surface area contributed by atoms with Gasteiger partial charge in [0, 0.05) is 0 Å². The number of hydrogen-bond donors (Lipinski definition) is 0. The molecule has 86 valence electrons. The SMILES string of the molecule is COc1ccc(C(C)C)cc1C(=O)C1CO1. The molecule has 2 rings (SSSR count). The van der Waals surface area contributed by atoms with Crippen LogP contribution in [-0.2, 0) is 4.74 Å². The predicted octanol–water partition coefficient (Wildman–Crippen LogP) is 2.40. The number of epoxide rings is 1. The summed E-state index contributed by atoms with van der Waals surface area (Å²) in [5, 5.41) is 0. The molecule has 3 heteroatoms. The summed E-state index contributed by atoms with van der Waals surface area (Å²) in [6.45, 7) is 4.74. The number of benzene rings is 1.